The molecule has 2 aromatic rings. The summed E-state index contributed by atoms with van der Waals surface area (Å²) in [6.07, 6.45) is 1.18. The van der Waals surface area contributed by atoms with Crippen molar-refractivity contribution >= 4 is 40.0 Å². The van der Waals surface area contributed by atoms with Gasteiger partial charge in [0.05, 0.1) is 22.4 Å². The standard InChI is InChI=1S/C14H19ClN4S/c1-9(2)7-10-8-19(6-5-16-10)14-11(15)3-4-12-13(14)18-20-17-12/h3-4,9-10,16H,5-8H2,1-2H3. The van der Waals surface area contributed by atoms with Crippen molar-refractivity contribution in [2.75, 3.05) is 24.5 Å². The van der Waals surface area contributed by atoms with Gasteiger partial charge in [0.2, 0.25) is 0 Å². The van der Waals surface area contributed by atoms with Gasteiger partial charge in [-0.1, -0.05) is 25.4 Å². The molecule has 3 rings (SSSR count). The zero-order valence-electron chi connectivity index (χ0n) is 11.8. The average molecular weight is 311 g/mol. The van der Waals surface area contributed by atoms with Crippen LogP contribution in [0.25, 0.3) is 11.0 Å². The van der Waals surface area contributed by atoms with Crippen molar-refractivity contribution in [1.29, 1.82) is 0 Å². The summed E-state index contributed by atoms with van der Waals surface area (Å²) in [7, 11) is 0. The van der Waals surface area contributed by atoms with Crippen LogP contribution in [0.15, 0.2) is 12.1 Å². The molecule has 1 aromatic heterocycles. The van der Waals surface area contributed by atoms with Gasteiger partial charge in [0.25, 0.3) is 0 Å². The van der Waals surface area contributed by atoms with E-state index in [4.69, 9.17) is 11.6 Å². The molecule has 0 amide bonds. The van der Waals surface area contributed by atoms with Gasteiger partial charge in [0.1, 0.15) is 11.0 Å². The Hall–Kier alpha value is -0.910. The molecule has 1 aliphatic rings. The maximum Gasteiger partial charge on any atom is 0.129 e. The first-order chi connectivity index (χ1) is 9.65. The fraction of sp³-hybridized carbons (Fsp3) is 0.571. The van der Waals surface area contributed by atoms with Crippen molar-refractivity contribution in [3.8, 4) is 0 Å². The molecule has 0 aliphatic carbocycles. The highest BCUT2D eigenvalue weighted by Gasteiger charge is 2.24. The lowest BCUT2D eigenvalue weighted by Gasteiger charge is -2.36. The van der Waals surface area contributed by atoms with Gasteiger partial charge in [0, 0.05) is 25.7 Å². The monoisotopic (exact) mass is 310 g/mol. The van der Waals surface area contributed by atoms with Gasteiger partial charge in [-0.2, -0.15) is 8.75 Å². The molecule has 0 spiro atoms. The van der Waals surface area contributed by atoms with Crippen molar-refractivity contribution in [3.05, 3.63) is 17.2 Å². The molecule has 1 aliphatic heterocycles. The van der Waals surface area contributed by atoms with Crippen LogP contribution in [0.1, 0.15) is 20.3 Å². The van der Waals surface area contributed by atoms with Crippen molar-refractivity contribution in [2.45, 2.75) is 26.3 Å². The number of rotatable bonds is 3. The van der Waals surface area contributed by atoms with Crippen molar-refractivity contribution in [2.24, 2.45) is 5.92 Å². The number of halogens is 1. The minimum absolute atomic E-state index is 0.515. The molecule has 1 aromatic carbocycles. The van der Waals surface area contributed by atoms with E-state index in [0.29, 0.717) is 12.0 Å². The minimum Gasteiger partial charge on any atom is -0.366 e. The number of hydrogen-bond donors (Lipinski definition) is 1. The van der Waals surface area contributed by atoms with E-state index in [1.165, 1.54) is 18.1 Å². The summed E-state index contributed by atoms with van der Waals surface area (Å²) in [4.78, 5) is 2.36. The Morgan fingerprint density at radius 3 is 3.10 bits per heavy atom. The van der Waals surface area contributed by atoms with Crippen LogP contribution >= 0.6 is 23.3 Å². The molecule has 1 fully saturated rings. The number of hydrogen-bond acceptors (Lipinski definition) is 5. The molecule has 2 heterocycles. The molecule has 1 saturated heterocycles. The Morgan fingerprint density at radius 1 is 1.45 bits per heavy atom. The smallest absolute Gasteiger partial charge is 0.129 e. The lowest BCUT2D eigenvalue weighted by atomic mass is 10.0. The molecule has 20 heavy (non-hydrogen) atoms. The molecule has 0 saturated carbocycles. The predicted molar refractivity (Wildman–Crippen MR) is 85.9 cm³/mol. The summed E-state index contributed by atoms with van der Waals surface area (Å²) in [5.74, 6) is 0.694. The fourth-order valence-electron chi connectivity index (χ4n) is 2.87. The van der Waals surface area contributed by atoms with Gasteiger partial charge in [-0.25, -0.2) is 0 Å². The van der Waals surface area contributed by atoms with E-state index in [-0.39, 0.29) is 0 Å². The maximum atomic E-state index is 6.42. The highest BCUT2D eigenvalue weighted by atomic mass is 35.5. The van der Waals surface area contributed by atoms with Crippen molar-refractivity contribution < 1.29 is 0 Å². The number of nitrogens with one attached hydrogen (secondary N) is 1. The van der Waals surface area contributed by atoms with E-state index >= 15 is 0 Å². The fourth-order valence-corrected chi connectivity index (χ4v) is 3.68. The summed E-state index contributed by atoms with van der Waals surface area (Å²) in [5, 5.41) is 4.37. The van der Waals surface area contributed by atoms with E-state index in [1.54, 1.807) is 0 Å². The summed E-state index contributed by atoms with van der Waals surface area (Å²) < 4.78 is 8.74. The molecule has 1 atom stereocenters. The zero-order valence-corrected chi connectivity index (χ0v) is 13.3. The Morgan fingerprint density at radius 2 is 2.30 bits per heavy atom. The highest BCUT2D eigenvalue weighted by molar-refractivity contribution is 7.00. The number of nitrogens with zero attached hydrogens (tertiary/aromatic N) is 3. The zero-order chi connectivity index (χ0) is 14.1. The molecule has 1 N–H and O–H groups in total. The van der Waals surface area contributed by atoms with Gasteiger partial charge in [-0.15, -0.1) is 0 Å². The Kier molecular flexibility index (Phi) is 4.10. The second kappa shape index (κ2) is 5.84. The summed E-state index contributed by atoms with van der Waals surface area (Å²) in [6, 6.07) is 4.39. The SMILES string of the molecule is CC(C)CC1CN(c2c(Cl)ccc3nsnc23)CCN1. The van der Waals surface area contributed by atoms with E-state index in [2.05, 4.69) is 32.8 Å². The van der Waals surface area contributed by atoms with Crippen LogP contribution in [0.5, 0.6) is 0 Å². The van der Waals surface area contributed by atoms with E-state index in [9.17, 15) is 0 Å². The van der Waals surface area contributed by atoms with Gasteiger partial charge in [-0.3, -0.25) is 0 Å². The summed E-state index contributed by atoms with van der Waals surface area (Å²) in [6.45, 7) is 7.46. The predicted octanol–water partition coefficient (Wildman–Crippen LogP) is 3.17. The molecule has 108 valence electrons. The normalized spacial score (nSPS) is 20.0. The van der Waals surface area contributed by atoms with Crippen molar-refractivity contribution in [3.63, 3.8) is 0 Å². The topological polar surface area (TPSA) is 41.1 Å². The second-order valence-electron chi connectivity index (χ2n) is 5.75. The van der Waals surface area contributed by atoms with Crippen LogP contribution < -0.4 is 10.2 Å². The van der Waals surface area contributed by atoms with Crippen LogP contribution in [-0.4, -0.2) is 34.4 Å². The van der Waals surface area contributed by atoms with E-state index < -0.39 is 0 Å². The van der Waals surface area contributed by atoms with Crippen LogP contribution in [0.2, 0.25) is 5.02 Å². The van der Waals surface area contributed by atoms with Crippen LogP contribution in [0, 0.1) is 5.92 Å². The number of fused-ring (bicyclic) bond motifs is 1. The van der Waals surface area contributed by atoms with Crippen LogP contribution in [-0.2, 0) is 0 Å². The van der Waals surface area contributed by atoms with Crippen LogP contribution in [0.4, 0.5) is 5.69 Å². The number of benzene rings is 1. The third-order valence-corrected chi connectivity index (χ3v) is 4.53. The Bertz CT molecular complexity index is 598. The lowest BCUT2D eigenvalue weighted by Crippen LogP contribution is -2.51. The second-order valence-corrected chi connectivity index (χ2v) is 6.69. The largest absolute Gasteiger partial charge is 0.366 e. The van der Waals surface area contributed by atoms with Gasteiger partial charge in [-0.05, 0) is 24.5 Å². The average Bonchev–Trinajstić information content (AvgIpc) is 2.86. The highest BCUT2D eigenvalue weighted by Crippen LogP contribution is 2.34. The molecular formula is C14H19ClN4S. The van der Waals surface area contributed by atoms with Crippen LogP contribution in [0.3, 0.4) is 0 Å². The van der Waals surface area contributed by atoms with Gasteiger partial charge in [0.15, 0.2) is 0 Å². The summed E-state index contributed by atoms with van der Waals surface area (Å²) >= 11 is 7.67. The third-order valence-electron chi connectivity index (χ3n) is 3.68. The van der Waals surface area contributed by atoms with E-state index in [1.807, 2.05) is 12.1 Å². The minimum atomic E-state index is 0.515. The summed E-state index contributed by atoms with van der Waals surface area (Å²) in [5.41, 5.74) is 2.93. The van der Waals surface area contributed by atoms with Gasteiger partial charge >= 0.3 is 0 Å². The first-order valence-electron chi connectivity index (χ1n) is 7.04. The Labute approximate surface area is 128 Å². The van der Waals surface area contributed by atoms with Crippen molar-refractivity contribution in [1.82, 2.24) is 14.1 Å². The first-order valence-corrected chi connectivity index (χ1v) is 8.15. The molecule has 0 radical (unpaired) electrons. The Balaban J connectivity index is 1.90. The first kappa shape index (κ1) is 14.0. The lowest BCUT2D eigenvalue weighted by molar-refractivity contribution is 0.388. The van der Waals surface area contributed by atoms with Gasteiger partial charge < -0.3 is 10.2 Å². The van der Waals surface area contributed by atoms with E-state index in [0.717, 1.165) is 41.4 Å². The molecule has 0 bridgehead atoms. The molecule has 1 unspecified atom stereocenters. The number of piperazine rings is 1. The number of anilines is 1. The maximum absolute atomic E-state index is 6.42. The quantitative estimate of drug-likeness (QED) is 0.945. The number of aromatic nitrogens is 2. The third kappa shape index (κ3) is 2.75. The molecular weight excluding hydrogens is 292 g/mol. The molecule has 4 nitrogen and oxygen atoms in total. The molecule has 6 heteroatoms.